The van der Waals surface area contributed by atoms with E-state index >= 15 is 0 Å². The van der Waals surface area contributed by atoms with E-state index in [0.29, 0.717) is 5.92 Å². The molecule has 2 nitrogen and oxygen atoms in total. The Labute approximate surface area is 111 Å². The molecule has 1 aliphatic rings. The van der Waals surface area contributed by atoms with Crippen LogP contribution in [0.2, 0.25) is 0 Å². The Balaban J connectivity index is 2.16. The van der Waals surface area contributed by atoms with Gasteiger partial charge in [0.15, 0.2) is 0 Å². The maximum Gasteiger partial charge on any atom is 0.122 e. The van der Waals surface area contributed by atoms with Gasteiger partial charge in [-0.25, -0.2) is 0 Å². The molecule has 0 spiro atoms. The molecule has 100 valence electrons. The molecule has 0 bridgehead atoms. The quantitative estimate of drug-likeness (QED) is 0.833. The number of hydrogen-bond acceptors (Lipinski definition) is 2. The number of ether oxygens (including phenoxy) is 1. The van der Waals surface area contributed by atoms with E-state index in [4.69, 9.17) is 10.5 Å². The fourth-order valence-corrected chi connectivity index (χ4v) is 2.92. The summed E-state index contributed by atoms with van der Waals surface area (Å²) in [6.07, 6.45) is 5.24. The Morgan fingerprint density at radius 2 is 2.17 bits per heavy atom. The van der Waals surface area contributed by atoms with Crippen molar-refractivity contribution in [2.75, 3.05) is 13.2 Å². The highest BCUT2D eigenvalue weighted by Crippen LogP contribution is 2.41. The van der Waals surface area contributed by atoms with Crippen LogP contribution in [0.15, 0.2) is 18.2 Å². The number of nitrogens with two attached hydrogens (primary N) is 1. The average Bonchev–Trinajstić information content (AvgIpc) is 2.29. The Kier molecular flexibility index (Phi) is 4.65. The highest BCUT2D eigenvalue weighted by atomic mass is 16.5. The lowest BCUT2D eigenvalue weighted by molar-refractivity contribution is 0.253. The van der Waals surface area contributed by atoms with Gasteiger partial charge in [0.1, 0.15) is 5.75 Å². The second kappa shape index (κ2) is 6.24. The molecule has 0 heterocycles. The first kappa shape index (κ1) is 13.4. The second-order valence-corrected chi connectivity index (χ2v) is 5.33. The molecule has 2 N–H and O–H groups in total. The van der Waals surface area contributed by atoms with Crippen molar-refractivity contribution in [1.82, 2.24) is 0 Å². The molecule has 2 rings (SSSR count). The van der Waals surface area contributed by atoms with Crippen molar-refractivity contribution in [3.8, 4) is 5.75 Å². The fraction of sp³-hybridized carbons (Fsp3) is 0.625. The smallest absolute Gasteiger partial charge is 0.122 e. The minimum atomic E-state index is 0.651. The third-order valence-corrected chi connectivity index (χ3v) is 4.12. The first-order chi connectivity index (χ1) is 8.76. The summed E-state index contributed by atoms with van der Waals surface area (Å²) in [7, 11) is 0. The van der Waals surface area contributed by atoms with Gasteiger partial charge < -0.3 is 10.5 Å². The lowest BCUT2D eigenvalue weighted by Gasteiger charge is -2.34. The summed E-state index contributed by atoms with van der Waals surface area (Å²) < 4.78 is 5.61. The van der Waals surface area contributed by atoms with Crippen LogP contribution in [0.4, 0.5) is 0 Å². The largest absolute Gasteiger partial charge is 0.494 e. The van der Waals surface area contributed by atoms with Gasteiger partial charge in [-0.1, -0.05) is 18.6 Å². The van der Waals surface area contributed by atoms with Gasteiger partial charge in [0.25, 0.3) is 0 Å². The lowest BCUT2D eigenvalue weighted by Crippen LogP contribution is -2.22. The number of benzene rings is 1. The highest BCUT2D eigenvalue weighted by Gasteiger charge is 2.28. The van der Waals surface area contributed by atoms with Gasteiger partial charge in [-0.3, -0.25) is 0 Å². The summed E-state index contributed by atoms with van der Waals surface area (Å²) >= 11 is 0. The van der Waals surface area contributed by atoms with E-state index in [1.165, 1.54) is 30.4 Å². The van der Waals surface area contributed by atoms with E-state index < -0.39 is 0 Å². The van der Waals surface area contributed by atoms with Crippen LogP contribution in [0, 0.1) is 12.8 Å². The highest BCUT2D eigenvalue weighted by molar-refractivity contribution is 5.38. The number of aryl methyl sites for hydroxylation is 1. The molecule has 0 aliphatic heterocycles. The third kappa shape index (κ3) is 2.86. The molecule has 1 aliphatic carbocycles. The van der Waals surface area contributed by atoms with Crippen LogP contribution < -0.4 is 10.5 Å². The molecule has 1 aromatic carbocycles. The van der Waals surface area contributed by atoms with E-state index in [2.05, 4.69) is 25.1 Å². The molecule has 1 unspecified atom stereocenters. The van der Waals surface area contributed by atoms with Gasteiger partial charge >= 0.3 is 0 Å². The molecule has 1 saturated carbocycles. The first-order valence-corrected chi connectivity index (χ1v) is 7.19. The average molecular weight is 247 g/mol. The van der Waals surface area contributed by atoms with Crippen LogP contribution in [0.25, 0.3) is 0 Å². The lowest BCUT2D eigenvalue weighted by atomic mass is 9.71. The zero-order valence-electron chi connectivity index (χ0n) is 11.6. The van der Waals surface area contributed by atoms with Crippen molar-refractivity contribution in [2.24, 2.45) is 11.7 Å². The van der Waals surface area contributed by atoms with Gasteiger partial charge in [-0.05, 0) is 68.7 Å². The molecular weight excluding hydrogens is 222 g/mol. The summed E-state index contributed by atoms with van der Waals surface area (Å²) in [4.78, 5) is 0. The van der Waals surface area contributed by atoms with Crippen molar-refractivity contribution in [2.45, 2.75) is 45.4 Å². The Bertz CT molecular complexity index is 385. The topological polar surface area (TPSA) is 35.2 Å². The Morgan fingerprint density at radius 3 is 2.67 bits per heavy atom. The van der Waals surface area contributed by atoms with Crippen LogP contribution in [0.5, 0.6) is 5.75 Å². The van der Waals surface area contributed by atoms with Crippen LogP contribution in [0.3, 0.4) is 0 Å². The zero-order valence-corrected chi connectivity index (χ0v) is 11.6. The van der Waals surface area contributed by atoms with Crippen molar-refractivity contribution < 1.29 is 4.74 Å². The molecular formula is C16H25NO. The van der Waals surface area contributed by atoms with E-state index in [-0.39, 0.29) is 0 Å². The van der Waals surface area contributed by atoms with Gasteiger partial charge in [0, 0.05) is 0 Å². The van der Waals surface area contributed by atoms with Gasteiger partial charge in [0.2, 0.25) is 0 Å². The standard InChI is InChI=1S/C16H25NO/c1-3-18-16-8-7-14(11-12(16)2)15(9-10-17)13-5-4-6-13/h7-8,11,13,15H,3-6,9-10,17H2,1-2H3. The SMILES string of the molecule is CCOc1ccc(C(CCN)C2CCC2)cc1C. The Hall–Kier alpha value is -1.02. The summed E-state index contributed by atoms with van der Waals surface area (Å²) in [5.74, 6) is 2.52. The van der Waals surface area contributed by atoms with Gasteiger partial charge in [-0.15, -0.1) is 0 Å². The van der Waals surface area contributed by atoms with E-state index in [0.717, 1.165) is 31.2 Å². The first-order valence-electron chi connectivity index (χ1n) is 7.19. The van der Waals surface area contributed by atoms with E-state index in [1.54, 1.807) is 0 Å². The van der Waals surface area contributed by atoms with Crippen LogP contribution in [0.1, 0.15) is 49.7 Å². The maximum atomic E-state index is 5.77. The predicted octanol–water partition coefficient (Wildman–Crippen LogP) is 3.63. The van der Waals surface area contributed by atoms with E-state index in [1.807, 2.05) is 6.92 Å². The van der Waals surface area contributed by atoms with Crippen LogP contribution >= 0.6 is 0 Å². The molecule has 2 heteroatoms. The Morgan fingerprint density at radius 1 is 1.39 bits per heavy atom. The minimum Gasteiger partial charge on any atom is -0.494 e. The zero-order chi connectivity index (χ0) is 13.0. The summed E-state index contributed by atoms with van der Waals surface area (Å²) in [6, 6.07) is 6.65. The molecule has 1 aromatic rings. The molecule has 0 aromatic heterocycles. The number of rotatable bonds is 6. The third-order valence-electron chi connectivity index (χ3n) is 4.12. The van der Waals surface area contributed by atoms with Crippen molar-refractivity contribution in [3.63, 3.8) is 0 Å². The van der Waals surface area contributed by atoms with Crippen molar-refractivity contribution in [1.29, 1.82) is 0 Å². The molecule has 0 amide bonds. The fourth-order valence-electron chi connectivity index (χ4n) is 2.92. The van der Waals surface area contributed by atoms with Gasteiger partial charge in [0.05, 0.1) is 6.61 Å². The predicted molar refractivity (Wildman–Crippen MR) is 76.1 cm³/mol. The van der Waals surface area contributed by atoms with Crippen molar-refractivity contribution in [3.05, 3.63) is 29.3 Å². The second-order valence-electron chi connectivity index (χ2n) is 5.33. The minimum absolute atomic E-state index is 0.651. The molecule has 0 saturated heterocycles. The number of hydrogen-bond donors (Lipinski definition) is 1. The summed E-state index contributed by atoms with van der Waals surface area (Å²) in [5, 5.41) is 0. The van der Waals surface area contributed by atoms with Crippen LogP contribution in [-0.2, 0) is 0 Å². The van der Waals surface area contributed by atoms with Crippen LogP contribution in [-0.4, -0.2) is 13.2 Å². The van der Waals surface area contributed by atoms with E-state index in [9.17, 15) is 0 Å². The normalized spacial score (nSPS) is 17.3. The van der Waals surface area contributed by atoms with Crippen molar-refractivity contribution >= 4 is 0 Å². The summed E-state index contributed by atoms with van der Waals surface area (Å²) in [6.45, 7) is 5.68. The molecule has 18 heavy (non-hydrogen) atoms. The maximum absolute atomic E-state index is 5.77. The monoisotopic (exact) mass is 247 g/mol. The summed E-state index contributed by atoms with van der Waals surface area (Å²) in [5.41, 5.74) is 8.47. The molecule has 0 radical (unpaired) electrons. The molecule has 1 atom stereocenters. The molecule has 1 fully saturated rings. The van der Waals surface area contributed by atoms with Gasteiger partial charge in [-0.2, -0.15) is 0 Å².